The summed E-state index contributed by atoms with van der Waals surface area (Å²) in [4.78, 5) is 37.9. The number of urea groups is 1. The monoisotopic (exact) mass is 287 g/mol. The summed E-state index contributed by atoms with van der Waals surface area (Å²) < 4.78 is 0. The minimum atomic E-state index is -0.996. The standard InChI is InChI=1S/C11H17N3O4S/c1-7-14(8(6-19-7)10(16)17)11(18)13-4-2-3-12-9(15)5-13/h7-8H,2-6H2,1H3,(H,12,15)(H,16,17). The molecule has 2 unspecified atom stereocenters. The second-order valence-corrected chi connectivity index (χ2v) is 5.95. The molecule has 2 atom stereocenters. The maximum absolute atomic E-state index is 12.4. The highest BCUT2D eigenvalue weighted by Gasteiger charge is 2.41. The summed E-state index contributed by atoms with van der Waals surface area (Å²) in [6, 6.07) is -1.17. The highest BCUT2D eigenvalue weighted by molar-refractivity contribution is 8.00. The molecule has 2 rings (SSSR count). The van der Waals surface area contributed by atoms with E-state index in [1.807, 2.05) is 6.92 Å². The molecule has 2 aliphatic rings. The summed E-state index contributed by atoms with van der Waals surface area (Å²) in [6.45, 7) is 2.83. The van der Waals surface area contributed by atoms with Crippen LogP contribution >= 0.6 is 11.8 Å². The lowest BCUT2D eigenvalue weighted by atomic mass is 10.3. The number of nitrogens with one attached hydrogen (secondary N) is 1. The summed E-state index contributed by atoms with van der Waals surface area (Å²) in [5.41, 5.74) is 0. The highest BCUT2D eigenvalue weighted by Crippen LogP contribution is 2.29. The summed E-state index contributed by atoms with van der Waals surface area (Å²) in [5.74, 6) is -0.802. The normalized spacial score (nSPS) is 27.9. The van der Waals surface area contributed by atoms with Crippen molar-refractivity contribution in [2.75, 3.05) is 25.4 Å². The number of carboxylic acids is 1. The first-order valence-corrected chi connectivity index (χ1v) is 7.24. The Hall–Kier alpha value is -1.44. The molecule has 0 aliphatic carbocycles. The van der Waals surface area contributed by atoms with Gasteiger partial charge in [0.1, 0.15) is 12.6 Å². The van der Waals surface area contributed by atoms with Gasteiger partial charge in [-0.25, -0.2) is 9.59 Å². The molecule has 2 saturated heterocycles. The average Bonchev–Trinajstić information content (AvgIpc) is 2.60. The molecule has 0 aromatic rings. The van der Waals surface area contributed by atoms with E-state index in [0.29, 0.717) is 25.3 Å². The van der Waals surface area contributed by atoms with Gasteiger partial charge in [0.15, 0.2) is 0 Å². The highest BCUT2D eigenvalue weighted by atomic mass is 32.2. The second kappa shape index (κ2) is 5.68. The number of carboxylic acid groups (broad SMARTS) is 1. The van der Waals surface area contributed by atoms with Crippen LogP contribution in [0.25, 0.3) is 0 Å². The van der Waals surface area contributed by atoms with Crippen LogP contribution in [0.2, 0.25) is 0 Å². The van der Waals surface area contributed by atoms with Crippen molar-refractivity contribution in [3.05, 3.63) is 0 Å². The van der Waals surface area contributed by atoms with Crippen LogP contribution in [-0.4, -0.2) is 69.6 Å². The summed E-state index contributed by atoms with van der Waals surface area (Å²) in [6.07, 6.45) is 0.685. The minimum Gasteiger partial charge on any atom is -0.480 e. The Balaban J connectivity index is 2.12. The Kier molecular flexibility index (Phi) is 4.18. The number of aliphatic carboxylic acids is 1. The van der Waals surface area contributed by atoms with Crippen LogP contribution in [0.1, 0.15) is 13.3 Å². The molecule has 8 heteroatoms. The molecule has 0 aromatic heterocycles. The lowest BCUT2D eigenvalue weighted by Crippen LogP contribution is -2.52. The van der Waals surface area contributed by atoms with Crippen molar-refractivity contribution in [1.29, 1.82) is 0 Å². The fourth-order valence-corrected chi connectivity index (χ4v) is 3.42. The topological polar surface area (TPSA) is 89.9 Å². The van der Waals surface area contributed by atoms with Gasteiger partial charge in [-0.3, -0.25) is 9.69 Å². The van der Waals surface area contributed by atoms with Crippen LogP contribution in [0.15, 0.2) is 0 Å². The number of rotatable bonds is 1. The molecule has 7 nitrogen and oxygen atoms in total. The number of thioether (sulfide) groups is 1. The molecule has 0 saturated carbocycles. The maximum Gasteiger partial charge on any atom is 0.327 e. The van der Waals surface area contributed by atoms with Gasteiger partial charge in [0, 0.05) is 18.8 Å². The summed E-state index contributed by atoms with van der Waals surface area (Å²) in [7, 11) is 0. The SMILES string of the molecule is CC1SCC(C(=O)O)N1C(=O)N1CCCNC(=O)C1. The lowest BCUT2D eigenvalue weighted by Gasteiger charge is -2.31. The van der Waals surface area contributed by atoms with Crippen molar-refractivity contribution in [2.24, 2.45) is 0 Å². The lowest BCUT2D eigenvalue weighted by molar-refractivity contribution is -0.141. The first kappa shape index (κ1) is 14.0. The number of carbonyl (C=O) groups is 3. The Morgan fingerprint density at radius 2 is 2.21 bits per heavy atom. The number of carbonyl (C=O) groups excluding carboxylic acids is 2. The van der Waals surface area contributed by atoms with E-state index in [1.165, 1.54) is 21.6 Å². The molecule has 106 valence electrons. The van der Waals surface area contributed by atoms with Gasteiger partial charge in [0.25, 0.3) is 0 Å². The van der Waals surface area contributed by atoms with Crippen LogP contribution in [0.3, 0.4) is 0 Å². The van der Waals surface area contributed by atoms with Crippen molar-refractivity contribution in [3.8, 4) is 0 Å². The minimum absolute atomic E-state index is 0.000933. The van der Waals surface area contributed by atoms with E-state index in [9.17, 15) is 14.4 Å². The van der Waals surface area contributed by atoms with Gasteiger partial charge in [-0.15, -0.1) is 11.8 Å². The molecule has 3 amide bonds. The maximum atomic E-state index is 12.4. The quantitative estimate of drug-likeness (QED) is 0.695. The molecule has 0 aromatic carbocycles. The van der Waals surface area contributed by atoms with Crippen molar-refractivity contribution in [2.45, 2.75) is 24.8 Å². The zero-order chi connectivity index (χ0) is 14.0. The van der Waals surface area contributed by atoms with Crippen LogP contribution in [0.4, 0.5) is 4.79 Å². The molecule has 0 radical (unpaired) electrons. The van der Waals surface area contributed by atoms with E-state index < -0.39 is 12.0 Å². The van der Waals surface area contributed by atoms with E-state index >= 15 is 0 Å². The Bertz CT molecular complexity index is 403. The van der Waals surface area contributed by atoms with Crippen LogP contribution in [0.5, 0.6) is 0 Å². The summed E-state index contributed by atoms with van der Waals surface area (Å²) >= 11 is 1.44. The van der Waals surface area contributed by atoms with E-state index in [2.05, 4.69) is 5.32 Å². The third kappa shape index (κ3) is 2.94. The van der Waals surface area contributed by atoms with Crippen molar-refractivity contribution in [1.82, 2.24) is 15.1 Å². The van der Waals surface area contributed by atoms with Gasteiger partial charge in [-0.1, -0.05) is 0 Å². The molecule has 19 heavy (non-hydrogen) atoms. The molecule has 2 heterocycles. The van der Waals surface area contributed by atoms with E-state index in [4.69, 9.17) is 5.11 Å². The van der Waals surface area contributed by atoms with Gasteiger partial charge >= 0.3 is 12.0 Å². The number of nitrogens with zero attached hydrogens (tertiary/aromatic N) is 2. The third-order valence-electron chi connectivity index (χ3n) is 3.26. The number of amides is 3. The largest absolute Gasteiger partial charge is 0.480 e. The molecule has 2 aliphatic heterocycles. The Labute approximate surface area is 115 Å². The third-order valence-corrected chi connectivity index (χ3v) is 4.48. The smallest absolute Gasteiger partial charge is 0.327 e. The van der Waals surface area contributed by atoms with Crippen molar-refractivity contribution >= 4 is 29.7 Å². The molecule has 0 spiro atoms. The van der Waals surface area contributed by atoms with Gasteiger partial charge in [-0.05, 0) is 13.3 Å². The molecule has 0 bridgehead atoms. The average molecular weight is 287 g/mol. The first-order chi connectivity index (χ1) is 9.00. The van der Waals surface area contributed by atoms with Gasteiger partial charge in [0.05, 0.1) is 5.37 Å². The number of hydrogen-bond acceptors (Lipinski definition) is 4. The van der Waals surface area contributed by atoms with Crippen molar-refractivity contribution in [3.63, 3.8) is 0 Å². The molecule has 2 fully saturated rings. The van der Waals surface area contributed by atoms with Crippen LogP contribution in [0, 0.1) is 0 Å². The second-order valence-electron chi connectivity index (χ2n) is 4.60. The van der Waals surface area contributed by atoms with Gasteiger partial charge < -0.3 is 15.3 Å². The Morgan fingerprint density at radius 3 is 2.89 bits per heavy atom. The zero-order valence-corrected chi connectivity index (χ0v) is 11.5. The van der Waals surface area contributed by atoms with E-state index in [0.717, 1.165) is 0 Å². The fourth-order valence-electron chi connectivity index (χ4n) is 2.26. The fraction of sp³-hybridized carbons (Fsp3) is 0.727. The summed E-state index contributed by atoms with van der Waals surface area (Å²) in [5, 5.41) is 11.7. The van der Waals surface area contributed by atoms with E-state index in [1.54, 1.807) is 0 Å². The van der Waals surface area contributed by atoms with Crippen molar-refractivity contribution < 1.29 is 19.5 Å². The first-order valence-electron chi connectivity index (χ1n) is 6.19. The zero-order valence-electron chi connectivity index (χ0n) is 10.7. The van der Waals surface area contributed by atoms with Gasteiger partial charge in [-0.2, -0.15) is 0 Å². The van der Waals surface area contributed by atoms with Gasteiger partial charge in [0.2, 0.25) is 5.91 Å². The molecular formula is C11H17N3O4S. The van der Waals surface area contributed by atoms with Crippen LogP contribution < -0.4 is 5.32 Å². The predicted molar refractivity (Wildman–Crippen MR) is 69.8 cm³/mol. The Morgan fingerprint density at radius 1 is 1.47 bits per heavy atom. The molecule has 2 N–H and O–H groups in total. The predicted octanol–water partition coefficient (Wildman–Crippen LogP) is -0.224. The molecular weight excluding hydrogens is 270 g/mol. The number of hydrogen-bond donors (Lipinski definition) is 2. The van der Waals surface area contributed by atoms with E-state index in [-0.39, 0.29) is 23.9 Å². The van der Waals surface area contributed by atoms with Crippen LogP contribution in [-0.2, 0) is 9.59 Å².